The van der Waals surface area contributed by atoms with Crippen LogP contribution in [0, 0.1) is 0 Å². The van der Waals surface area contributed by atoms with E-state index < -0.39 is 6.04 Å². The van der Waals surface area contributed by atoms with Gasteiger partial charge in [0.1, 0.15) is 16.1 Å². The summed E-state index contributed by atoms with van der Waals surface area (Å²) in [5.74, 6) is 0.235. The topological polar surface area (TPSA) is 66.7 Å². The summed E-state index contributed by atoms with van der Waals surface area (Å²) in [6, 6.07) is 6.73. The molecule has 4 heterocycles. The lowest BCUT2D eigenvalue weighted by molar-refractivity contribution is -0.142. The molecule has 0 aromatic carbocycles. The largest absolute Gasteiger partial charge is 0.465 e. The first kappa shape index (κ1) is 19.8. The molecule has 2 amide bonds. The molecule has 0 radical (unpaired) electrons. The van der Waals surface area contributed by atoms with Crippen molar-refractivity contribution >= 4 is 46.2 Å². The molecule has 2 saturated heterocycles. The van der Waals surface area contributed by atoms with Crippen molar-refractivity contribution < 1.29 is 14.0 Å². The summed E-state index contributed by atoms with van der Waals surface area (Å²) >= 11 is 6.62. The van der Waals surface area contributed by atoms with Crippen LogP contribution in [0.5, 0.6) is 0 Å². The first-order valence-electron chi connectivity index (χ1n) is 9.57. The minimum Gasteiger partial charge on any atom is -0.465 e. The lowest BCUT2D eigenvalue weighted by atomic mass is 9.95. The second-order valence-electron chi connectivity index (χ2n) is 7.07. The smallest absolute Gasteiger partial charge is 0.267 e. The molecule has 2 aromatic rings. The van der Waals surface area contributed by atoms with Crippen LogP contribution in [0.2, 0.25) is 0 Å². The monoisotopic (exact) mass is 427 g/mol. The van der Waals surface area contributed by atoms with Crippen molar-refractivity contribution in [3.05, 3.63) is 59.2 Å². The van der Waals surface area contributed by atoms with E-state index in [0.29, 0.717) is 21.5 Å². The number of piperidine rings is 1. The maximum absolute atomic E-state index is 13.4. The van der Waals surface area contributed by atoms with Crippen LogP contribution in [0.3, 0.4) is 0 Å². The Labute approximate surface area is 179 Å². The number of pyridine rings is 1. The molecule has 2 atom stereocenters. The van der Waals surface area contributed by atoms with Crippen LogP contribution < -0.4 is 0 Å². The fourth-order valence-corrected chi connectivity index (χ4v) is 5.18. The van der Waals surface area contributed by atoms with Crippen molar-refractivity contribution in [1.82, 2.24) is 14.8 Å². The molecular weight excluding hydrogens is 406 g/mol. The SMILES string of the molecule is CC(C(=O)N1CCCCC1c1cccnc1)N1C(=O)C(=Cc2ccco2)SC1=S. The number of furan rings is 1. The minimum atomic E-state index is -0.665. The standard InChI is InChI=1S/C21H21N3O3S2/c1-14(24-20(26)18(29-21(24)28)12-16-7-5-11-27-16)19(25)23-10-3-2-8-17(23)15-6-4-9-22-13-15/h4-7,9,11-14,17H,2-3,8,10H2,1H3. The second kappa shape index (κ2) is 8.51. The van der Waals surface area contributed by atoms with Gasteiger partial charge in [-0.15, -0.1) is 0 Å². The van der Waals surface area contributed by atoms with Crippen molar-refractivity contribution in [2.75, 3.05) is 6.54 Å². The zero-order valence-electron chi connectivity index (χ0n) is 16.0. The zero-order chi connectivity index (χ0) is 20.4. The van der Waals surface area contributed by atoms with Gasteiger partial charge >= 0.3 is 0 Å². The molecule has 8 heteroatoms. The molecule has 0 bridgehead atoms. The molecule has 2 aliphatic heterocycles. The highest BCUT2D eigenvalue weighted by atomic mass is 32.2. The van der Waals surface area contributed by atoms with Gasteiger partial charge in [-0.05, 0) is 49.9 Å². The first-order valence-corrected chi connectivity index (χ1v) is 10.8. The highest BCUT2D eigenvalue weighted by Gasteiger charge is 2.41. The Bertz CT molecular complexity index is 943. The third-order valence-corrected chi connectivity index (χ3v) is 6.57. The molecule has 0 saturated carbocycles. The molecule has 6 nitrogen and oxygen atoms in total. The van der Waals surface area contributed by atoms with Crippen LogP contribution in [-0.2, 0) is 9.59 Å². The van der Waals surface area contributed by atoms with Crippen molar-refractivity contribution in [2.24, 2.45) is 0 Å². The van der Waals surface area contributed by atoms with E-state index in [9.17, 15) is 9.59 Å². The van der Waals surface area contributed by atoms with Crippen LogP contribution in [0.4, 0.5) is 0 Å². The maximum Gasteiger partial charge on any atom is 0.267 e. The van der Waals surface area contributed by atoms with Gasteiger partial charge < -0.3 is 9.32 Å². The third kappa shape index (κ3) is 4.00. The Morgan fingerprint density at radius 3 is 2.97 bits per heavy atom. The Balaban J connectivity index is 1.55. The van der Waals surface area contributed by atoms with E-state index >= 15 is 0 Å². The van der Waals surface area contributed by atoms with E-state index in [2.05, 4.69) is 4.98 Å². The fraction of sp³-hybridized carbons (Fsp3) is 0.333. The summed E-state index contributed by atoms with van der Waals surface area (Å²) in [7, 11) is 0. The third-order valence-electron chi connectivity index (χ3n) is 5.24. The number of likely N-dealkylation sites (tertiary alicyclic amines) is 1. The number of rotatable bonds is 4. The summed E-state index contributed by atoms with van der Waals surface area (Å²) in [5.41, 5.74) is 1.02. The Kier molecular flexibility index (Phi) is 5.82. The molecule has 2 aromatic heterocycles. The van der Waals surface area contributed by atoms with Crippen LogP contribution in [-0.4, -0.2) is 43.5 Å². The highest BCUT2D eigenvalue weighted by Crippen LogP contribution is 2.36. The van der Waals surface area contributed by atoms with Gasteiger partial charge in [0.05, 0.1) is 17.2 Å². The minimum absolute atomic E-state index is 0.0236. The molecule has 2 fully saturated rings. The van der Waals surface area contributed by atoms with Crippen LogP contribution >= 0.6 is 24.0 Å². The van der Waals surface area contributed by atoms with Crippen LogP contribution in [0.25, 0.3) is 6.08 Å². The molecule has 2 aliphatic rings. The van der Waals surface area contributed by atoms with Gasteiger partial charge in [0.25, 0.3) is 5.91 Å². The van der Waals surface area contributed by atoms with Crippen LogP contribution in [0.1, 0.15) is 43.6 Å². The van der Waals surface area contributed by atoms with Gasteiger partial charge in [-0.25, -0.2) is 0 Å². The van der Waals surface area contributed by atoms with E-state index in [0.717, 1.165) is 24.8 Å². The van der Waals surface area contributed by atoms with E-state index in [1.54, 1.807) is 37.6 Å². The number of aromatic nitrogens is 1. The summed E-state index contributed by atoms with van der Waals surface area (Å²) < 4.78 is 5.69. The predicted octanol–water partition coefficient (Wildman–Crippen LogP) is 4.02. The van der Waals surface area contributed by atoms with Gasteiger partial charge in [0, 0.05) is 25.0 Å². The van der Waals surface area contributed by atoms with Crippen molar-refractivity contribution in [2.45, 2.75) is 38.3 Å². The van der Waals surface area contributed by atoms with E-state index in [4.69, 9.17) is 16.6 Å². The predicted molar refractivity (Wildman–Crippen MR) is 116 cm³/mol. The molecule has 0 aliphatic carbocycles. The Morgan fingerprint density at radius 1 is 1.38 bits per heavy atom. The maximum atomic E-state index is 13.4. The van der Waals surface area contributed by atoms with E-state index in [1.165, 1.54) is 16.7 Å². The van der Waals surface area contributed by atoms with Crippen molar-refractivity contribution in [1.29, 1.82) is 0 Å². The number of amides is 2. The molecular formula is C21H21N3O3S2. The number of carbonyl (C=O) groups excluding carboxylic acids is 2. The average molecular weight is 428 g/mol. The first-order chi connectivity index (χ1) is 14.1. The van der Waals surface area contributed by atoms with Gasteiger partial charge in [0.15, 0.2) is 0 Å². The lowest BCUT2D eigenvalue weighted by Gasteiger charge is -2.38. The molecule has 29 heavy (non-hydrogen) atoms. The number of hydrogen-bond acceptors (Lipinski definition) is 6. The summed E-state index contributed by atoms with van der Waals surface area (Å²) in [4.78, 5) is 34.3. The van der Waals surface area contributed by atoms with Crippen LogP contribution in [0.15, 0.2) is 52.2 Å². The van der Waals surface area contributed by atoms with E-state index in [1.807, 2.05) is 23.2 Å². The lowest BCUT2D eigenvalue weighted by Crippen LogP contribution is -2.51. The molecule has 0 N–H and O–H groups in total. The fourth-order valence-electron chi connectivity index (χ4n) is 3.78. The highest BCUT2D eigenvalue weighted by molar-refractivity contribution is 8.26. The molecule has 150 valence electrons. The van der Waals surface area contributed by atoms with Gasteiger partial charge in [-0.2, -0.15) is 0 Å². The van der Waals surface area contributed by atoms with E-state index in [-0.39, 0.29) is 17.9 Å². The Morgan fingerprint density at radius 2 is 2.24 bits per heavy atom. The zero-order valence-corrected chi connectivity index (χ0v) is 17.6. The summed E-state index contributed by atoms with van der Waals surface area (Å²) in [6.45, 7) is 2.41. The number of nitrogens with zero attached hydrogens (tertiary/aromatic N) is 3. The van der Waals surface area contributed by atoms with Gasteiger partial charge in [-0.3, -0.25) is 19.5 Å². The summed E-state index contributed by atoms with van der Waals surface area (Å²) in [5, 5.41) is 0. The number of thiocarbonyl (C=S) groups is 1. The summed E-state index contributed by atoms with van der Waals surface area (Å²) in [6.07, 6.45) is 9.65. The molecule has 0 spiro atoms. The molecule has 2 unspecified atom stereocenters. The van der Waals surface area contributed by atoms with Gasteiger partial charge in [0.2, 0.25) is 5.91 Å². The number of hydrogen-bond donors (Lipinski definition) is 0. The number of carbonyl (C=O) groups is 2. The molecule has 4 rings (SSSR count). The Hall–Kier alpha value is -2.45. The average Bonchev–Trinajstić information content (AvgIpc) is 3.35. The van der Waals surface area contributed by atoms with Gasteiger partial charge in [-0.1, -0.05) is 30.0 Å². The normalized spacial score (nSPS) is 22.4. The quantitative estimate of drug-likeness (QED) is 0.542. The van der Waals surface area contributed by atoms with Crippen molar-refractivity contribution in [3.63, 3.8) is 0 Å². The van der Waals surface area contributed by atoms with Crippen molar-refractivity contribution in [3.8, 4) is 0 Å². The second-order valence-corrected chi connectivity index (χ2v) is 8.75. The number of thioether (sulfide) groups is 1.